The number of carbonyl (C=O) groups excluding carboxylic acids is 1. The normalized spacial score (nSPS) is 16.2. The van der Waals surface area contributed by atoms with E-state index in [-0.39, 0.29) is 30.4 Å². The van der Waals surface area contributed by atoms with Crippen LogP contribution in [0.4, 0.5) is 8.78 Å². The molecule has 2 heterocycles. The Hall–Kier alpha value is -3.29. The predicted octanol–water partition coefficient (Wildman–Crippen LogP) is 4.71. The van der Waals surface area contributed by atoms with Gasteiger partial charge >= 0.3 is 0 Å². The number of likely N-dealkylation sites (tertiary alicyclic amines) is 1. The van der Waals surface area contributed by atoms with E-state index < -0.39 is 11.6 Å². The number of nitrogens with zero attached hydrogens (tertiary/aromatic N) is 3. The third-order valence-electron chi connectivity index (χ3n) is 5.27. The van der Waals surface area contributed by atoms with E-state index in [2.05, 4.69) is 17.1 Å². The minimum absolute atomic E-state index is 0.0750. The number of benzene rings is 2. The molecule has 1 fully saturated rings. The second-order valence-corrected chi connectivity index (χ2v) is 7.60. The molecule has 4 rings (SSSR count). The van der Waals surface area contributed by atoms with Crippen LogP contribution < -0.4 is 4.74 Å². The van der Waals surface area contributed by atoms with Crippen molar-refractivity contribution in [3.63, 3.8) is 0 Å². The SMILES string of the molecule is CCCCOc1ccc(-c2nc(C3CC(=O)N(Cc4ccc(F)cc4F)C3)no2)cc1. The van der Waals surface area contributed by atoms with Crippen molar-refractivity contribution < 1.29 is 22.8 Å². The minimum atomic E-state index is -0.666. The smallest absolute Gasteiger partial charge is 0.257 e. The summed E-state index contributed by atoms with van der Waals surface area (Å²) >= 11 is 0. The average molecular weight is 427 g/mol. The highest BCUT2D eigenvalue weighted by Gasteiger charge is 2.34. The fraction of sp³-hybridized carbons (Fsp3) is 0.348. The van der Waals surface area contributed by atoms with E-state index in [9.17, 15) is 13.6 Å². The van der Waals surface area contributed by atoms with Gasteiger partial charge in [-0.05, 0) is 36.8 Å². The van der Waals surface area contributed by atoms with Crippen LogP contribution in [-0.2, 0) is 11.3 Å². The molecule has 31 heavy (non-hydrogen) atoms. The fourth-order valence-corrected chi connectivity index (χ4v) is 3.50. The predicted molar refractivity (Wildman–Crippen MR) is 109 cm³/mol. The Labute approximate surface area is 178 Å². The first-order chi connectivity index (χ1) is 15.0. The second kappa shape index (κ2) is 9.24. The zero-order chi connectivity index (χ0) is 21.8. The summed E-state index contributed by atoms with van der Waals surface area (Å²) in [4.78, 5) is 18.4. The summed E-state index contributed by atoms with van der Waals surface area (Å²) in [6.45, 7) is 3.21. The highest BCUT2D eigenvalue weighted by atomic mass is 19.1. The van der Waals surface area contributed by atoms with Crippen molar-refractivity contribution in [1.29, 1.82) is 0 Å². The Morgan fingerprint density at radius 3 is 2.74 bits per heavy atom. The number of hydrogen-bond acceptors (Lipinski definition) is 5. The van der Waals surface area contributed by atoms with Crippen molar-refractivity contribution in [3.8, 4) is 17.2 Å². The molecule has 0 aliphatic carbocycles. The van der Waals surface area contributed by atoms with E-state index in [4.69, 9.17) is 9.26 Å². The van der Waals surface area contributed by atoms with Crippen LogP contribution in [0.3, 0.4) is 0 Å². The van der Waals surface area contributed by atoms with Crippen LogP contribution in [0.5, 0.6) is 5.75 Å². The molecular formula is C23H23F2N3O3. The number of carbonyl (C=O) groups is 1. The van der Waals surface area contributed by atoms with Crippen LogP contribution in [-0.4, -0.2) is 34.1 Å². The van der Waals surface area contributed by atoms with Crippen molar-refractivity contribution in [2.24, 2.45) is 0 Å². The molecule has 8 heteroatoms. The number of rotatable bonds is 8. The number of hydrogen-bond donors (Lipinski definition) is 0. The van der Waals surface area contributed by atoms with Gasteiger partial charge < -0.3 is 14.2 Å². The summed E-state index contributed by atoms with van der Waals surface area (Å²) in [7, 11) is 0. The van der Waals surface area contributed by atoms with Gasteiger partial charge in [-0.3, -0.25) is 4.79 Å². The zero-order valence-electron chi connectivity index (χ0n) is 17.2. The van der Waals surface area contributed by atoms with Gasteiger partial charge in [-0.2, -0.15) is 4.98 Å². The summed E-state index contributed by atoms with van der Waals surface area (Å²) in [5, 5.41) is 4.04. The van der Waals surface area contributed by atoms with Crippen molar-refractivity contribution in [3.05, 3.63) is 65.5 Å². The van der Waals surface area contributed by atoms with Gasteiger partial charge in [0.05, 0.1) is 6.61 Å². The standard InChI is InChI=1S/C23H23F2N3O3/c1-2-3-10-30-19-8-5-15(6-9-19)23-26-22(27-31-23)17-11-21(29)28(14-17)13-16-4-7-18(24)12-20(16)25/h4-9,12,17H,2-3,10-11,13-14H2,1H3. The van der Waals surface area contributed by atoms with Gasteiger partial charge in [-0.1, -0.05) is 24.6 Å². The van der Waals surface area contributed by atoms with Gasteiger partial charge in [0, 0.05) is 42.6 Å². The van der Waals surface area contributed by atoms with Crippen LogP contribution >= 0.6 is 0 Å². The minimum Gasteiger partial charge on any atom is -0.494 e. The van der Waals surface area contributed by atoms with Crippen molar-refractivity contribution in [2.45, 2.75) is 38.6 Å². The van der Waals surface area contributed by atoms with E-state index >= 15 is 0 Å². The Balaban J connectivity index is 1.40. The molecular weight excluding hydrogens is 404 g/mol. The molecule has 1 unspecified atom stereocenters. The maximum absolute atomic E-state index is 13.9. The third kappa shape index (κ3) is 4.90. The Kier molecular flexibility index (Phi) is 6.25. The van der Waals surface area contributed by atoms with Crippen LogP contribution in [0.1, 0.15) is 43.5 Å². The number of halogens is 2. The lowest BCUT2D eigenvalue weighted by Gasteiger charge is -2.16. The summed E-state index contributed by atoms with van der Waals surface area (Å²) in [6.07, 6.45) is 2.29. The molecule has 0 N–H and O–H groups in total. The van der Waals surface area contributed by atoms with Crippen LogP contribution in [0.2, 0.25) is 0 Å². The number of amides is 1. The molecule has 0 bridgehead atoms. The van der Waals surface area contributed by atoms with Gasteiger partial charge in [-0.15, -0.1) is 0 Å². The molecule has 162 valence electrons. The first-order valence-corrected chi connectivity index (χ1v) is 10.3. The lowest BCUT2D eigenvalue weighted by atomic mass is 10.1. The first kappa shape index (κ1) is 21.0. The maximum atomic E-state index is 13.9. The topological polar surface area (TPSA) is 68.5 Å². The Morgan fingerprint density at radius 2 is 2.00 bits per heavy atom. The van der Waals surface area contributed by atoms with Crippen LogP contribution in [0.25, 0.3) is 11.5 Å². The second-order valence-electron chi connectivity index (χ2n) is 7.60. The monoisotopic (exact) mass is 427 g/mol. The number of ether oxygens (including phenoxy) is 1. The van der Waals surface area contributed by atoms with Crippen molar-refractivity contribution in [1.82, 2.24) is 15.0 Å². The first-order valence-electron chi connectivity index (χ1n) is 10.3. The molecule has 6 nitrogen and oxygen atoms in total. The van der Waals surface area contributed by atoms with E-state index in [1.165, 1.54) is 17.0 Å². The number of unbranched alkanes of at least 4 members (excludes halogenated alkanes) is 1. The quantitative estimate of drug-likeness (QED) is 0.487. The summed E-state index contributed by atoms with van der Waals surface area (Å²) in [5.74, 6) is -0.105. The average Bonchev–Trinajstić information content (AvgIpc) is 3.38. The van der Waals surface area contributed by atoms with E-state index in [0.29, 0.717) is 24.9 Å². The van der Waals surface area contributed by atoms with Gasteiger partial charge in [0.15, 0.2) is 5.82 Å². The van der Waals surface area contributed by atoms with E-state index in [1.807, 2.05) is 24.3 Å². The highest BCUT2D eigenvalue weighted by Crippen LogP contribution is 2.30. The maximum Gasteiger partial charge on any atom is 0.257 e. The Bertz CT molecular complexity index is 1050. The van der Waals surface area contributed by atoms with Crippen molar-refractivity contribution >= 4 is 5.91 Å². The fourth-order valence-electron chi connectivity index (χ4n) is 3.50. The van der Waals surface area contributed by atoms with Gasteiger partial charge in [0.25, 0.3) is 5.89 Å². The summed E-state index contributed by atoms with van der Waals surface area (Å²) in [5.41, 5.74) is 1.03. The molecule has 0 saturated carbocycles. The molecule has 2 aromatic carbocycles. The van der Waals surface area contributed by atoms with Gasteiger partial charge in [-0.25, -0.2) is 8.78 Å². The Morgan fingerprint density at radius 1 is 1.19 bits per heavy atom. The molecule has 1 amide bonds. The molecule has 1 saturated heterocycles. The lowest BCUT2D eigenvalue weighted by molar-refractivity contribution is -0.128. The number of aromatic nitrogens is 2. The third-order valence-corrected chi connectivity index (χ3v) is 5.27. The van der Waals surface area contributed by atoms with E-state index in [0.717, 1.165) is 30.2 Å². The van der Waals surface area contributed by atoms with Gasteiger partial charge in [0.2, 0.25) is 5.91 Å². The van der Waals surface area contributed by atoms with Crippen molar-refractivity contribution in [2.75, 3.05) is 13.2 Å². The molecule has 0 spiro atoms. The van der Waals surface area contributed by atoms with Crippen LogP contribution in [0, 0.1) is 11.6 Å². The van der Waals surface area contributed by atoms with E-state index in [1.54, 1.807) is 0 Å². The summed E-state index contributed by atoms with van der Waals surface area (Å²) < 4.78 is 38.1. The lowest BCUT2D eigenvalue weighted by Crippen LogP contribution is -2.25. The summed E-state index contributed by atoms with van der Waals surface area (Å²) in [6, 6.07) is 10.8. The van der Waals surface area contributed by atoms with Gasteiger partial charge in [0.1, 0.15) is 17.4 Å². The molecule has 1 atom stereocenters. The largest absolute Gasteiger partial charge is 0.494 e. The molecule has 3 aromatic rings. The zero-order valence-corrected chi connectivity index (χ0v) is 17.2. The molecule has 0 radical (unpaired) electrons. The molecule has 1 aliphatic rings. The molecule has 1 aliphatic heterocycles. The van der Waals surface area contributed by atoms with Crippen LogP contribution in [0.15, 0.2) is 47.0 Å². The molecule has 1 aromatic heterocycles. The highest BCUT2D eigenvalue weighted by molar-refractivity contribution is 5.79.